The Bertz CT molecular complexity index is 42.5. The van der Waals surface area contributed by atoms with E-state index in [1.807, 2.05) is 0 Å². The fourth-order valence-corrected chi connectivity index (χ4v) is 0.882. The number of hydrogen-bond acceptors (Lipinski definition) is 1. The van der Waals surface area contributed by atoms with Gasteiger partial charge in [0.25, 0.3) is 0 Å². The van der Waals surface area contributed by atoms with Crippen LogP contribution in [0.1, 0.15) is 45.4 Å². The molecule has 0 aromatic heterocycles. The summed E-state index contributed by atoms with van der Waals surface area (Å²) in [7, 11) is 0. The molecule has 0 amide bonds. The van der Waals surface area contributed by atoms with Crippen LogP contribution in [0.5, 0.6) is 0 Å². The van der Waals surface area contributed by atoms with Crippen LogP contribution >= 0.6 is 0 Å². The van der Waals surface area contributed by atoms with Gasteiger partial charge in [0.15, 0.2) is 0 Å². The van der Waals surface area contributed by atoms with Crippen molar-refractivity contribution in [2.24, 2.45) is 0 Å². The first kappa shape index (κ1) is 14.5. The Morgan fingerprint density at radius 2 is 1.40 bits per heavy atom. The van der Waals surface area contributed by atoms with Gasteiger partial charge in [0.05, 0.1) is 0 Å². The van der Waals surface area contributed by atoms with E-state index in [1.165, 1.54) is 25.7 Å². The van der Waals surface area contributed by atoms with Crippen molar-refractivity contribution < 1.29 is 74.0 Å². The second-order valence-electron chi connectivity index (χ2n) is 2.47. The largest absolute Gasteiger partial charge is 1.00 e. The second kappa shape index (κ2) is 13.6. The molecule has 0 heterocycles. The van der Waals surface area contributed by atoms with Crippen LogP contribution in [-0.2, 0) is 0 Å². The molecule has 1 nitrogen and oxygen atoms in total. The van der Waals surface area contributed by atoms with E-state index in [2.05, 4.69) is 6.92 Å². The zero-order chi connectivity index (χ0) is 6.95. The van der Waals surface area contributed by atoms with Gasteiger partial charge in [-0.2, -0.15) is 0 Å². The third-order valence-electron chi connectivity index (χ3n) is 1.50. The van der Waals surface area contributed by atoms with Crippen LogP contribution in [0.2, 0.25) is 0 Å². The van der Waals surface area contributed by atoms with Crippen molar-refractivity contribution in [3.63, 3.8) is 0 Å². The van der Waals surface area contributed by atoms with Crippen molar-refractivity contribution >= 4 is 0 Å². The van der Waals surface area contributed by atoms with Gasteiger partial charge >= 0.3 is 68.9 Å². The van der Waals surface area contributed by atoms with Crippen LogP contribution in [0.15, 0.2) is 0 Å². The normalized spacial score (nSPS) is 9.00. The summed E-state index contributed by atoms with van der Waals surface area (Å²) in [6, 6.07) is 0. The Hall–Kier alpha value is 2.01. The molecule has 0 saturated carbocycles. The topological polar surface area (TPSA) is 23.1 Å². The molecule has 0 aliphatic heterocycles. The van der Waals surface area contributed by atoms with Crippen molar-refractivity contribution in [2.45, 2.75) is 45.4 Å². The zero-order valence-corrected chi connectivity index (χ0v) is 13.6. The summed E-state index contributed by atoms with van der Waals surface area (Å²) in [6.45, 7) is 2.32. The molecule has 0 radical (unpaired) electrons. The summed E-state index contributed by atoms with van der Waals surface area (Å²) in [6.07, 6.45) is 7.22. The Morgan fingerprint density at radius 3 is 1.90 bits per heavy atom. The molecule has 0 fully saturated rings. The van der Waals surface area contributed by atoms with Gasteiger partial charge < -0.3 is 5.11 Å². The van der Waals surface area contributed by atoms with E-state index in [9.17, 15) is 5.11 Å². The minimum absolute atomic E-state index is 0. The predicted molar refractivity (Wildman–Crippen MR) is 38.2 cm³/mol. The third-order valence-corrected chi connectivity index (χ3v) is 1.50. The molecule has 0 aliphatic rings. The summed E-state index contributed by atoms with van der Waals surface area (Å²) in [5.74, 6) is 0. The SMILES string of the molecule is CCCCCCCC[O-].[Cs+]. The Morgan fingerprint density at radius 1 is 0.900 bits per heavy atom. The summed E-state index contributed by atoms with van der Waals surface area (Å²) < 4.78 is 0. The average Bonchev–Trinajstić information content (AvgIpc) is 1.89. The van der Waals surface area contributed by atoms with E-state index < -0.39 is 0 Å². The third kappa shape index (κ3) is 12.7. The maximum atomic E-state index is 9.96. The van der Waals surface area contributed by atoms with Crippen molar-refractivity contribution in [1.82, 2.24) is 0 Å². The molecule has 0 unspecified atom stereocenters. The smallest absolute Gasteiger partial charge is 0.854 e. The summed E-state index contributed by atoms with van der Waals surface area (Å²) in [5, 5.41) is 9.96. The van der Waals surface area contributed by atoms with E-state index >= 15 is 0 Å². The van der Waals surface area contributed by atoms with Crippen molar-refractivity contribution in [3.8, 4) is 0 Å². The Balaban J connectivity index is 0. The van der Waals surface area contributed by atoms with E-state index in [4.69, 9.17) is 0 Å². The first-order chi connectivity index (χ1) is 4.41. The summed E-state index contributed by atoms with van der Waals surface area (Å²) in [5.41, 5.74) is 0. The van der Waals surface area contributed by atoms with Crippen LogP contribution in [0.4, 0.5) is 0 Å². The minimum Gasteiger partial charge on any atom is -0.854 e. The molecular formula is C8H17CsO. The molecule has 0 spiro atoms. The van der Waals surface area contributed by atoms with Gasteiger partial charge in [-0.15, -0.1) is 6.61 Å². The monoisotopic (exact) mass is 262 g/mol. The zero-order valence-electron chi connectivity index (χ0n) is 7.36. The van der Waals surface area contributed by atoms with E-state index in [0.717, 1.165) is 12.8 Å². The molecule has 56 valence electrons. The van der Waals surface area contributed by atoms with Gasteiger partial charge in [-0.05, 0) is 0 Å². The maximum Gasteiger partial charge on any atom is 1.00 e. The molecular weight excluding hydrogens is 245 g/mol. The van der Waals surface area contributed by atoms with Gasteiger partial charge in [0, 0.05) is 0 Å². The van der Waals surface area contributed by atoms with Crippen LogP contribution < -0.4 is 74.0 Å². The van der Waals surface area contributed by atoms with Gasteiger partial charge in [0.2, 0.25) is 0 Å². The number of unbranched alkanes of at least 4 members (excludes halogenated alkanes) is 5. The molecule has 0 atom stereocenters. The summed E-state index contributed by atoms with van der Waals surface area (Å²) >= 11 is 0. The summed E-state index contributed by atoms with van der Waals surface area (Å²) in [4.78, 5) is 0. The van der Waals surface area contributed by atoms with Crippen molar-refractivity contribution in [1.29, 1.82) is 0 Å². The Labute approximate surface area is 123 Å². The van der Waals surface area contributed by atoms with Crippen LogP contribution in [0.25, 0.3) is 0 Å². The van der Waals surface area contributed by atoms with Gasteiger partial charge in [-0.25, -0.2) is 0 Å². The molecule has 0 rings (SSSR count). The number of hydrogen-bond donors (Lipinski definition) is 0. The first-order valence-corrected chi connectivity index (χ1v) is 4.00. The molecule has 0 bridgehead atoms. The number of rotatable bonds is 6. The first-order valence-electron chi connectivity index (χ1n) is 4.00. The minimum atomic E-state index is 0. The van der Waals surface area contributed by atoms with E-state index in [1.54, 1.807) is 0 Å². The van der Waals surface area contributed by atoms with E-state index in [-0.39, 0.29) is 75.5 Å². The maximum absolute atomic E-state index is 9.96. The van der Waals surface area contributed by atoms with Gasteiger partial charge in [-0.1, -0.05) is 45.4 Å². The predicted octanol–water partition coefficient (Wildman–Crippen LogP) is -1.29. The van der Waals surface area contributed by atoms with Crippen molar-refractivity contribution in [2.75, 3.05) is 6.61 Å². The molecule has 0 N–H and O–H groups in total. The second-order valence-corrected chi connectivity index (χ2v) is 2.47. The fraction of sp³-hybridized carbons (Fsp3) is 1.00. The molecule has 0 aromatic rings. The van der Waals surface area contributed by atoms with Crippen molar-refractivity contribution in [3.05, 3.63) is 0 Å². The molecule has 0 aromatic carbocycles. The van der Waals surface area contributed by atoms with E-state index in [0.29, 0.717) is 0 Å². The Kier molecular flexibility index (Phi) is 19.8. The molecule has 0 aliphatic carbocycles. The molecule has 10 heavy (non-hydrogen) atoms. The van der Waals surface area contributed by atoms with Gasteiger partial charge in [0.1, 0.15) is 0 Å². The standard InChI is InChI=1S/C8H17O.Cs/c1-2-3-4-5-6-7-8-9;/h2-8H2,1H3;/q-1;+1. The van der Waals surface area contributed by atoms with Crippen LogP contribution in [0.3, 0.4) is 0 Å². The van der Waals surface area contributed by atoms with Gasteiger partial charge in [-0.3, -0.25) is 0 Å². The van der Waals surface area contributed by atoms with Crippen LogP contribution in [0, 0.1) is 0 Å². The molecule has 2 heteroatoms. The fourth-order valence-electron chi connectivity index (χ4n) is 0.882. The molecule has 0 saturated heterocycles. The average molecular weight is 262 g/mol. The quantitative estimate of drug-likeness (QED) is 0.546. The van der Waals surface area contributed by atoms with Crippen LogP contribution in [-0.4, -0.2) is 6.61 Å².